The highest BCUT2D eigenvalue weighted by Crippen LogP contribution is 2.35. The van der Waals surface area contributed by atoms with Gasteiger partial charge in [0.15, 0.2) is 0 Å². The van der Waals surface area contributed by atoms with Gasteiger partial charge in [0.1, 0.15) is 6.04 Å². The van der Waals surface area contributed by atoms with Gasteiger partial charge in [-0.25, -0.2) is 5.43 Å². The van der Waals surface area contributed by atoms with Crippen LogP contribution in [-0.2, 0) is 4.79 Å². The fourth-order valence-corrected chi connectivity index (χ4v) is 3.07. The molecule has 19 heavy (non-hydrogen) atoms. The normalized spacial score (nSPS) is 26.7. The molecule has 2 rings (SSSR count). The second kappa shape index (κ2) is 4.94. The lowest BCUT2D eigenvalue weighted by molar-refractivity contribution is -0.139. The molecular weight excluding hydrogens is 240 g/mol. The largest absolute Gasteiger partial charge is 0.480 e. The van der Waals surface area contributed by atoms with Gasteiger partial charge in [0.2, 0.25) is 0 Å². The van der Waals surface area contributed by atoms with Crippen molar-refractivity contribution in [3.05, 3.63) is 33.9 Å². The number of carboxylic acids is 1. The third kappa shape index (κ3) is 2.26. The first kappa shape index (κ1) is 14.0. The number of benzene rings is 1. The van der Waals surface area contributed by atoms with E-state index in [0.717, 1.165) is 0 Å². The van der Waals surface area contributed by atoms with Crippen molar-refractivity contribution in [3.8, 4) is 0 Å². The van der Waals surface area contributed by atoms with Gasteiger partial charge in [0.05, 0.1) is 0 Å². The van der Waals surface area contributed by atoms with Crippen molar-refractivity contribution in [1.29, 1.82) is 0 Å². The summed E-state index contributed by atoms with van der Waals surface area (Å²) in [5.74, 6) is -0.851. The number of carboxylic acid groups (broad SMARTS) is 1. The van der Waals surface area contributed by atoms with Gasteiger partial charge in [-0.2, -0.15) is 0 Å². The molecule has 3 N–H and O–H groups in total. The van der Waals surface area contributed by atoms with Gasteiger partial charge in [-0.3, -0.25) is 10.2 Å². The van der Waals surface area contributed by atoms with Crippen LogP contribution in [0.4, 0.5) is 0 Å². The van der Waals surface area contributed by atoms with Crippen LogP contribution in [0.2, 0.25) is 0 Å². The molecule has 0 radical (unpaired) electrons. The molecule has 3 unspecified atom stereocenters. The summed E-state index contributed by atoms with van der Waals surface area (Å²) in [5.41, 5.74) is 12.0. The third-order valence-corrected chi connectivity index (χ3v) is 4.39. The molecule has 1 heterocycles. The van der Waals surface area contributed by atoms with Gasteiger partial charge in [-0.05, 0) is 62.4 Å². The fourth-order valence-electron chi connectivity index (χ4n) is 3.07. The lowest BCUT2D eigenvalue weighted by Gasteiger charge is -2.25. The van der Waals surface area contributed by atoms with Crippen LogP contribution in [0.25, 0.3) is 0 Å². The van der Waals surface area contributed by atoms with Gasteiger partial charge in [-0.1, -0.05) is 6.07 Å². The van der Waals surface area contributed by atoms with Gasteiger partial charge in [0.25, 0.3) is 0 Å². The third-order valence-electron chi connectivity index (χ3n) is 4.39. The Balaban J connectivity index is 2.60. The van der Waals surface area contributed by atoms with Gasteiger partial charge >= 0.3 is 5.97 Å². The van der Waals surface area contributed by atoms with Gasteiger partial charge in [-0.15, -0.1) is 0 Å². The molecule has 3 atom stereocenters. The first-order valence-electron chi connectivity index (χ1n) is 6.65. The minimum atomic E-state index is -0.806. The highest BCUT2D eigenvalue weighted by Gasteiger charge is 2.40. The van der Waals surface area contributed by atoms with E-state index in [-0.39, 0.29) is 12.0 Å². The summed E-state index contributed by atoms with van der Waals surface area (Å²) in [7, 11) is 0. The van der Waals surface area contributed by atoms with Crippen molar-refractivity contribution < 1.29 is 9.90 Å². The summed E-state index contributed by atoms with van der Waals surface area (Å²) in [5, 5.41) is 9.38. The molecule has 0 amide bonds. The lowest BCUT2D eigenvalue weighted by Crippen LogP contribution is -2.38. The average molecular weight is 262 g/mol. The summed E-state index contributed by atoms with van der Waals surface area (Å²) in [6.45, 7) is 10.4. The highest BCUT2D eigenvalue weighted by molar-refractivity contribution is 5.76. The molecular formula is C15H22N2O2. The lowest BCUT2D eigenvalue weighted by atomic mass is 9.80. The van der Waals surface area contributed by atoms with Crippen LogP contribution < -0.4 is 10.9 Å². The van der Waals surface area contributed by atoms with E-state index in [0.29, 0.717) is 0 Å². The second-order valence-corrected chi connectivity index (χ2v) is 5.59. The van der Waals surface area contributed by atoms with E-state index in [4.69, 9.17) is 0 Å². The van der Waals surface area contributed by atoms with Crippen molar-refractivity contribution in [2.24, 2.45) is 0 Å². The van der Waals surface area contributed by atoms with Crippen LogP contribution in [0.1, 0.15) is 40.7 Å². The maximum atomic E-state index is 11.4. The summed E-state index contributed by atoms with van der Waals surface area (Å²) >= 11 is 0. The maximum Gasteiger partial charge on any atom is 0.322 e. The Bertz CT molecular complexity index is 499. The Hall–Kier alpha value is -1.39. The SMILES string of the molecule is Cc1cc(C)c(C)c(C2C(C)NNC2C(=O)O)c1C. The molecule has 1 aliphatic heterocycles. The number of nitrogens with one attached hydrogen (secondary N) is 2. The number of aryl methyl sites for hydroxylation is 2. The minimum absolute atomic E-state index is 0.0453. The van der Waals surface area contributed by atoms with Crippen LogP contribution in [0, 0.1) is 27.7 Å². The molecule has 0 spiro atoms. The fraction of sp³-hybridized carbons (Fsp3) is 0.533. The molecule has 0 aliphatic carbocycles. The quantitative estimate of drug-likeness (QED) is 0.762. The molecule has 104 valence electrons. The predicted octanol–water partition coefficient (Wildman–Crippen LogP) is 1.95. The molecule has 0 saturated carbocycles. The van der Waals surface area contributed by atoms with Crippen LogP contribution in [0.5, 0.6) is 0 Å². The van der Waals surface area contributed by atoms with E-state index in [2.05, 4.69) is 44.6 Å². The predicted molar refractivity (Wildman–Crippen MR) is 75.3 cm³/mol. The van der Waals surface area contributed by atoms with Crippen molar-refractivity contribution in [2.75, 3.05) is 0 Å². The van der Waals surface area contributed by atoms with Crippen molar-refractivity contribution in [3.63, 3.8) is 0 Å². The van der Waals surface area contributed by atoms with Crippen LogP contribution in [-0.4, -0.2) is 23.2 Å². The number of carbonyl (C=O) groups is 1. The summed E-state index contributed by atoms with van der Waals surface area (Å²) in [6.07, 6.45) is 0. The van der Waals surface area contributed by atoms with E-state index in [1.54, 1.807) is 0 Å². The van der Waals surface area contributed by atoms with Crippen molar-refractivity contribution >= 4 is 5.97 Å². The summed E-state index contributed by atoms with van der Waals surface area (Å²) in [4.78, 5) is 11.4. The topological polar surface area (TPSA) is 61.4 Å². The van der Waals surface area contributed by atoms with Gasteiger partial charge < -0.3 is 5.11 Å². The Morgan fingerprint density at radius 1 is 1.11 bits per heavy atom. The average Bonchev–Trinajstić information content (AvgIpc) is 2.70. The van der Waals surface area contributed by atoms with Crippen LogP contribution >= 0.6 is 0 Å². The van der Waals surface area contributed by atoms with Crippen molar-refractivity contribution in [2.45, 2.75) is 52.6 Å². The summed E-state index contributed by atoms with van der Waals surface area (Å²) < 4.78 is 0. The number of hydrogen-bond donors (Lipinski definition) is 3. The first-order valence-corrected chi connectivity index (χ1v) is 6.65. The molecule has 1 aliphatic rings. The van der Waals surface area contributed by atoms with E-state index in [9.17, 15) is 9.90 Å². The molecule has 1 aromatic rings. The summed E-state index contributed by atoms with van der Waals surface area (Å²) in [6, 6.07) is 1.69. The number of hydrazine groups is 1. The van der Waals surface area contributed by atoms with Gasteiger partial charge in [0, 0.05) is 12.0 Å². The Labute approximate surface area is 114 Å². The first-order chi connectivity index (χ1) is 8.84. The zero-order valence-corrected chi connectivity index (χ0v) is 12.2. The van der Waals surface area contributed by atoms with E-state index < -0.39 is 12.0 Å². The number of aliphatic carboxylic acids is 1. The minimum Gasteiger partial charge on any atom is -0.480 e. The molecule has 1 fully saturated rings. The highest BCUT2D eigenvalue weighted by atomic mass is 16.4. The number of hydrogen-bond acceptors (Lipinski definition) is 3. The molecule has 0 aromatic heterocycles. The molecule has 1 saturated heterocycles. The monoisotopic (exact) mass is 262 g/mol. The molecule has 0 bridgehead atoms. The van der Waals surface area contributed by atoms with E-state index in [1.807, 2.05) is 6.92 Å². The van der Waals surface area contributed by atoms with E-state index >= 15 is 0 Å². The Morgan fingerprint density at radius 3 is 2.11 bits per heavy atom. The smallest absolute Gasteiger partial charge is 0.322 e. The molecule has 1 aromatic carbocycles. The zero-order chi connectivity index (χ0) is 14.3. The Morgan fingerprint density at radius 2 is 1.63 bits per heavy atom. The zero-order valence-electron chi connectivity index (χ0n) is 12.2. The standard InChI is InChI=1S/C15H22N2O2/c1-7-6-8(2)10(4)12(9(7)3)13-11(5)16-17-14(13)15(18)19/h6,11,13-14,16-17H,1-5H3,(H,18,19). The maximum absolute atomic E-state index is 11.4. The Kier molecular flexibility index (Phi) is 3.65. The van der Waals surface area contributed by atoms with E-state index in [1.165, 1.54) is 27.8 Å². The van der Waals surface area contributed by atoms with Crippen LogP contribution in [0.3, 0.4) is 0 Å². The molecule has 4 nitrogen and oxygen atoms in total. The van der Waals surface area contributed by atoms with Crippen LogP contribution in [0.15, 0.2) is 6.07 Å². The van der Waals surface area contributed by atoms with Crippen molar-refractivity contribution in [1.82, 2.24) is 10.9 Å². The second-order valence-electron chi connectivity index (χ2n) is 5.59. The molecule has 4 heteroatoms. The number of rotatable bonds is 2.